The monoisotopic (exact) mass is 326 g/mol. The van der Waals surface area contributed by atoms with Crippen LogP contribution in [-0.2, 0) is 6.54 Å². The molecule has 1 unspecified atom stereocenters. The third-order valence-electron chi connectivity index (χ3n) is 4.82. The van der Waals surface area contributed by atoms with Gasteiger partial charge in [0.1, 0.15) is 0 Å². The second kappa shape index (κ2) is 6.60. The molecule has 0 aliphatic carbocycles. The number of benzene rings is 1. The Hall–Kier alpha value is -2.41. The zero-order valence-corrected chi connectivity index (χ0v) is 13.6. The Morgan fingerprint density at radius 2 is 2.08 bits per heavy atom. The van der Waals surface area contributed by atoms with Crippen LogP contribution in [0, 0.1) is 0 Å². The van der Waals surface area contributed by atoms with Crippen molar-refractivity contribution in [2.75, 3.05) is 26.2 Å². The van der Waals surface area contributed by atoms with Gasteiger partial charge in [0.15, 0.2) is 0 Å². The molecule has 0 spiro atoms. The molecule has 7 nitrogen and oxygen atoms in total. The summed E-state index contributed by atoms with van der Waals surface area (Å²) in [7, 11) is 0. The highest BCUT2D eigenvalue weighted by atomic mass is 16.2. The summed E-state index contributed by atoms with van der Waals surface area (Å²) in [6.45, 7) is 4.34. The van der Waals surface area contributed by atoms with Crippen LogP contribution < -0.4 is 5.32 Å². The fraction of sp³-hybridized carbons (Fsp3) is 0.471. The summed E-state index contributed by atoms with van der Waals surface area (Å²) >= 11 is 0. The van der Waals surface area contributed by atoms with Gasteiger partial charge in [0.05, 0.1) is 17.6 Å². The van der Waals surface area contributed by atoms with Gasteiger partial charge in [-0.25, -0.2) is 9.48 Å². The van der Waals surface area contributed by atoms with Crippen molar-refractivity contribution in [3.8, 4) is 5.69 Å². The van der Waals surface area contributed by atoms with Crippen LogP contribution in [0.25, 0.3) is 5.69 Å². The Bertz CT molecular complexity index is 700. The van der Waals surface area contributed by atoms with Gasteiger partial charge in [0, 0.05) is 32.2 Å². The molecule has 2 aromatic rings. The van der Waals surface area contributed by atoms with Gasteiger partial charge in [-0.1, -0.05) is 23.4 Å². The smallest absolute Gasteiger partial charge is 0.317 e. The molecule has 1 aromatic carbocycles. The maximum Gasteiger partial charge on any atom is 0.317 e. The van der Waals surface area contributed by atoms with E-state index in [1.54, 1.807) is 0 Å². The van der Waals surface area contributed by atoms with Crippen molar-refractivity contribution in [2.24, 2.45) is 0 Å². The van der Waals surface area contributed by atoms with Crippen LogP contribution >= 0.6 is 0 Å². The summed E-state index contributed by atoms with van der Waals surface area (Å²) in [5.74, 6) is 0. The van der Waals surface area contributed by atoms with Crippen LogP contribution in [0.4, 0.5) is 4.79 Å². The maximum atomic E-state index is 11.9. The van der Waals surface area contributed by atoms with Crippen LogP contribution in [0.3, 0.4) is 0 Å². The first kappa shape index (κ1) is 15.1. The number of para-hydroxylation sites is 1. The molecule has 3 heterocycles. The SMILES string of the molecule is O=C1NCCN1C1CCCN(Cc2cnnn2-c2ccccc2)C1. The molecule has 0 radical (unpaired) electrons. The average molecular weight is 326 g/mol. The zero-order valence-electron chi connectivity index (χ0n) is 13.6. The highest BCUT2D eigenvalue weighted by Gasteiger charge is 2.31. The Kier molecular flexibility index (Phi) is 4.17. The van der Waals surface area contributed by atoms with Gasteiger partial charge in [0.2, 0.25) is 0 Å². The van der Waals surface area contributed by atoms with Gasteiger partial charge in [-0.2, -0.15) is 0 Å². The van der Waals surface area contributed by atoms with Gasteiger partial charge < -0.3 is 10.2 Å². The molecule has 2 aliphatic heterocycles. The minimum Gasteiger partial charge on any atom is -0.336 e. The Balaban J connectivity index is 1.46. The van der Waals surface area contributed by atoms with Crippen LogP contribution in [0.5, 0.6) is 0 Å². The highest BCUT2D eigenvalue weighted by molar-refractivity contribution is 5.76. The van der Waals surface area contributed by atoms with Crippen molar-refractivity contribution in [3.63, 3.8) is 0 Å². The lowest BCUT2D eigenvalue weighted by Gasteiger charge is -2.36. The minimum atomic E-state index is 0.0813. The van der Waals surface area contributed by atoms with E-state index in [4.69, 9.17) is 0 Å². The molecule has 2 amide bonds. The van der Waals surface area contributed by atoms with E-state index in [1.165, 1.54) is 0 Å². The highest BCUT2D eigenvalue weighted by Crippen LogP contribution is 2.20. The number of carbonyl (C=O) groups is 1. The van der Waals surface area contributed by atoms with Crippen molar-refractivity contribution in [3.05, 3.63) is 42.2 Å². The summed E-state index contributed by atoms with van der Waals surface area (Å²) in [6.07, 6.45) is 4.03. The van der Waals surface area contributed by atoms with Gasteiger partial charge in [-0.15, -0.1) is 5.10 Å². The Morgan fingerprint density at radius 3 is 2.88 bits per heavy atom. The Labute approximate surface area is 141 Å². The quantitative estimate of drug-likeness (QED) is 0.918. The lowest BCUT2D eigenvalue weighted by molar-refractivity contribution is 0.120. The van der Waals surface area contributed by atoms with E-state index in [2.05, 4.69) is 20.5 Å². The maximum absolute atomic E-state index is 11.9. The van der Waals surface area contributed by atoms with E-state index in [-0.39, 0.29) is 6.03 Å². The molecule has 2 aliphatic rings. The van der Waals surface area contributed by atoms with Crippen LogP contribution in [-0.4, -0.2) is 63.0 Å². The number of carbonyl (C=O) groups excluding carboxylic acids is 1. The van der Waals surface area contributed by atoms with E-state index < -0.39 is 0 Å². The predicted octanol–water partition coefficient (Wildman–Crippen LogP) is 1.26. The topological polar surface area (TPSA) is 66.3 Å². The average Bonchev–Trinajstić information content (AvgIpc) is 3.25. The first-order valence-corrected chi connectivity index (χ1v) is 8.53. The molecule has 2 saturated heterocycles. The molecule has 1 atom stereocenters. The van der Waals surface area contributed by atoms with E-state index in [0.29, 0.717) is 6.04 Å². The predicted molar refractivity (Wildman–Crippen MR) is 89.8 cm³/mol. The largest absolute Gasteiger partial charge is 0.336 e. The molecule has 4 rings (SSSR count). The third kappa shape index (κ3) is 2.99. The summed E-state index contributed by atoms with van der Waals surface area (Å²) in [5, 5.41) is 11.2. The van der Waals surface area contributed by atoms with Gasteiger partial charge in [-0.3, -0.25) is 4.90 Å². The summed E-state index contributed by atoms with van der Waals surface area (Å²) < 4.78 is 1.90. The summed E-state index contributed by atoms with van der Waals surface area (Å²) in [4.78, 5) is 16.3. The van der Waals surface area contributed by atoms with Crippen molar-refractivity contribution < 1.29 is 4.79 Å². The number of amides is 2. The van der Waals surface area contributed by atoms with Gasteiger partial charge >= 0.3 is 6.03 Å². The first-order valence-electron chi connectivity index (χ1n) is 8.53. The fourth-order valence-electron chi connectivity index (χ4n) is 3.64. The zero-order chi connectivity index (χ0) is 16.4. The summed E-state index contributed by atoms with van der Waals surface area (Å²) in [5.41, 5.74) is 2.10. The van der Waals surface area contributed by atoms with E-state index >= 15 is 0 Å². The number of nitrogens with zero attached hydrogens (tertiary/aromatic N) is 5. The molecule has 7 heteroatoms. The van der Waals surface area contributed by atoms with Crippen molar-refractivity contribution in [1.82, 2.24) is 30.1 Å². The second-order valence-electron chi connectivity index (χ2n) is 6.43. The van der Waals surface area contributed by atoms with Crippen molar-refractivity contribution >= 4 is 6.03 Å². The number of urea groups is 1. The molecular weight excluding hydrogens is 304 g/mol. The van der Waals surface area contributed by atoms with Gasteiger partial charge in [-0.05, 0) is 31.5 Å². The van der Waals surface area contributed by atoms with Crippen LogP contribution in [0.2, 0.25) is 0 Å². The standard InChI is InChI=1S/C17H22N6O/c24-17-18-8-10-22(17)15-7-4-9-21(12-15)13-16-11-19-20-23(16)14-5-2-1-3-6-14/h1-3,5-6,11,15H,4,7-10,12-13H2,(H,18,24). The number of hydrogen-bond donors (Lipinski definition) is 1. The molecule has 0 bridgehead atoms. The number of nitrogens with one attached hydrogen (secondary N) is 1. The van der Waals surface area contributed by atoms with E-state index in [1.807, 2.05) is 46.1 Å². The van der Waals surface area contributed by atoms with Crippen molar-refractivity contribution in [2.45, 2.75) is 25.4 Å². The lowest BCUT2D eigenvalue weighted by atomic mass is 10.0. The number of piperidine rings is 1. The van der Waals surface area contributed by atoms with Gasteiger partial charge in [0.25, 0.3) is 0 Å². The number of rotatable bonds is 4. The molecule has 2 fully saturated rings. The Morgan fingerprint density at radius 1 is 1.21 bits per heavy atom. The first-order chi connectivity index (χ1) is 11.8. The van der Waals surface area contributed by atoms with Crippen LogP contribution in [0.1, 0.15) is 18.5 Å². The minimum absolute atomic E-state index is 0.0813. The normalized spacial score (nSPS) is 21.9. The van der Waals surface area contributed by atoms with Crippen LogP contribution in [0.15, 0.2) is 36.5 Å². The number of likely N-dealkylation sites (tertiary alicyclic amines) is 1. The second-order valence-corrected chi connectivity index (χ2v) is 6.43. The van der Waals surface area contributed by atoms with Crippen molar-refractivity contribution in [1.29, 1.82) is 0 Å². The molecule has 24 heavy (non-hydrogen) atoms. The molecule has 126 valence electrons. The summed E-state index contributed by atoms with van der Waals surface area (Å²) in [6, 6.07) is 10.5. The fourth-order valence-corrected chi connectivity index (χ4v) is 3.64. The molecular formula is C17H22N6O. The molecule has 1 aromatic heterocycles. The number of hydrogen-bond acceptors (Lipinski definition) is 4. The number of aromatic nitrogens is 3. The molecule has 1 N–H and O–H groups in total. The lowest BCUT2D eigenvalue weighted by Crippen LogP contribution is -2.48. The third-order valence-corrected chi connectivity index (χ3v) is 4.82. The molecule has 0 saturated carbocycles. The van der Waals surface area contributed by atoms with E-state index in [0.717, 1.165) is 56.9 Å². The van der Waals surface area contributed by atoms with E-state index in [9.17, 15) is 4.79 Å².